The molecule has 0 radical (unpaired) electrons. The van der Waals surface area contributed by atoms with Gasteiger partial charge in [-0.25, -0.2) is 0 Å². The van der Waals surface area contributed by atoms with Gasteiger partial charge in [0.15, 0.2) is 5.11 Å². The third-order valence-electron chi connectivity index (χ3n) is 5.44. The van der Waals surface area contributed by atoms with Crippen molar-refractivity contribution in [3.8, 4) is 0 Å². The number of nitrogens with two attached hydrogens (primary N) is 1. The predicted molar refractivity (Wildman–Crippen MR) is 88.2 cm³/mol. The van der Waals surface area contributed by atoms with Gasteiger partial charge in [0.05, 0.1) is 0 Å². The largest absolute Gasteiger partial charge is 0.376 e. The Balaban J connectivity index is 1.81. The molecule has 1 aromatic carbocycles. The van der Waals surface area contributed by atoms with Gasteiger partial charge in [0.25, 0.3) is 0 Å². The van der Waals surface area contributed by atoms with Gasteiger partial charge in [-0.1, -0.05) is 30.3 Å². The Bertz CT molecular complexity index is 530. The van der Waals surface area contributed by atoms with E-state index in [9.17, 15) is 0 Å². The van der Waals surface area contributed by atoms with E-state index >= 15 is 0 Å². The molecule has 0 aromatic heterocycles. The summed E-state index contributed by atoms with van der Waals surface area (Å²) in [5, 5.41) is 3.88. The van der Waals surface area contributed by atoms with Crippen molar-refractivity contribution in [2.24, 2.45) is 11.7 Å². The first-order valence-electron chi connectivity index (χ1n) is 7.74. The molecular weight excluding hydrogens is 280 g/mol. The fraction of sp³-hybridized carbons (Fsp3) is 0.562. The first-order chi connectivity index (χ1) is 10.2. The highest BCUT2D eigenvalue weighted by Gasteiger charge is 2.55. The second-order valence-corrected chi connectivity index (χ2v) is 7.18. The van der Waals surface area contributed by atoms with Crippen LogP contribution in [0.4, 0.5) is 0 Å². The number of hydrogen-bond acceptors (Lipinski definition) is 3. The van der Waals surface area contributed by atoms with Crippen molar-refractivity contribution >= 4 is 17.3 Å². The molecule has 4 fully saturated rings. The maximum Gasteiger partial charge on any atom is 0.163 e. The fourth-order valence-electron chi connectivity index (χ4n) is 4.72. The topological polar surface area (TPSA) is 44.5 Å². The highest BCUT2D eigenvalue weighted by atomic mass is 32.1. The number of fused-ring (bicyclic) bond motifs is 1. The van der Waals surface area contributed by atoms with Crippen LogP contribution >= 0.6 is 12.2 Å². The van der Waals surface area contributed by atoms with E-state index in [4.69, 9.17) is 18.0 Å². The van der Waals surface area contributed by atoms with Crippen LogP contribution in [0, 0.1) is 5.92 Å². The lowest BCUT2D eigenvalue weighted by molar-refractivity contribution is 0.0267. The van der Waals surface area contributed by atoms with Gasteiger partial charge in [-0.05, 0) is 17.8 Å². The van der Waals surface area contributed by atoms with Crippen LogP contribution in [-0.2, 0) is 5.41 Å². The Hall–Kier alpha value is -1.17. The molecule has 4 nitrogen and oxygen atoms in total. The number of thiocarbonyl (C=S) groups is 1. The Morgan fingerprint density at radius 3 is 2.33 bits per heavy atom. The summed E-state index contributed by atoms with van der Waals surface area (Å²) >= 11 is 5.17. The van der Waals surface area contributed by atoms with Gasteiger partial charge in [-0.15, -0.1) is 0 Å². The van der Waals surface area contributed by atoms with Crippen molar-refractivity contribution in [3.63, 3.8) is 0 Å². The summed E-state index contributed by atoms with van der Waals surface area (Å²) in [6, 6.07) is 11.3. The molecule has 0 spiro atoms. The lowest BCUT2D eigenvalue weighted by atomic mass is 9.64. The Kier molecular flexibility index (Phi) is 3.17. The maximum absolute atomic E-state index is 5.84. The van der Waals surface area contributed by atoms with E-state index in [1.165, 1.54) is 18.7 Å². The van der Waals surface area contributed by atoms with E-state index in [-0.39, 0.29) is 5.41 Å². The maximum atomic E-state index is 5.84. The second-order valence-electron chi connectivity index (χ2n) is 6.74. The van der Waals surface area contributed by atoms with Gasteiger partial charge >= 0.3 is 0 Å². The lowest BCUT2D eigenvalue weighted by Gasteiger charge is -2.56. The van der Waals surface area contributed by atoms with Crippen LogP contribution in [0.2, 0.25) is 0 Å². The van der Waals surface area contributed by atoms with Crippen molar-refractivity contribution in [1.82, 2.24) is 15.1 Å². The monoisotopic (exact) mass is 302 g/mol. The average molecular weight is 302 g/mol. The quantitative estimate of drug-likeness (QED) is 0.774. The number of hydrogen-bond donors (Lipinski definition) is 2. The molecule has 5 heteroatoms. The molecule has 3 N–H and O–H groups in total. The van der Waals surface area contributed by atoms with E-state index in [2.05, 4.69) is 45.4 Å². The third-order valence-corrected chi connectivity index (χ3v) is 5.56. The summed E-state index contributed by atoms with van der Waals surface area (Å²) in [6.45, 7) is 6.89. The van der Waals surface area contributed by atoms with E-state index in [1.54, 1.807) is 0 Å². The first-order valence-corrected chi connectivity index (χ1v) is 8.14. The molecule has 21 heavy (non-hydrogen) atoms. The van der Waals surface area contributed by atoms with Gasteiger partial charge in [-0.2, -0.15) is 0 Å². The number of nitrogens with zero attached hydrogens (tertiary/aromatic N) is 2. The number of nitrogens with one attached hydrogen (secondary N) is 1. The van der Waals surface area contributed by atoms with Crippen LogP contribution in [0.1, 0.15) is 5.56 Å². The van der Waals surface area contributed by atoms with Gasteiger partial charge in [0, 0.05) is 56.6 Å². The molecule has 4 saturated heterocycles. The summed E-state index contributed by atoms with van der Waals surface area (Å²) in [5.41, 5.74) is 7.36. The number of rotatable bonds is 2. The summed E-state index contributed by atoms with van der Waals surface area (Å²) in [5.74, 6) is 0.594. The summed E-state index contributed by atoms with van der Waals surface area (Å²) < 4.78 is 0. The van der Waals surface area contributed by atoms with Gasteiger partial charge in [-0.3, -0.25) is 0 Å². The normalized spacial score (nSPS) is 40.8. The van der Waals surface area contributed by atoms with Crippen molar-refractivity contribution in [3.05, 3.63) is 35.9 Å². The van der Waals surface area contributed by atoms with Crippen molar-refractivity contribution in [1.29, 1.82) is 0 Å². The van der Waals surface area contributed by atoms with Gasteiger partial charge in [0.1, 0.15) is 0 Å². The minimum atomic E-state index is 0.0996. The van der Waals surface area contributed by atoms with Crippen molar-refractivity contribution in [2.45, 2.75) is 11.5 Å². The zero-order valence-corrected chi connectivity index (χ0v) is 13.0. The van der Waals surface area contributed by atoms with Crippen LogP contribution < -0.4 is 11.1 Å². The van der Waals surface area contributed by atoms with E-state index in [1.807, 2.05) is 0 Å². The Morgan fingerprint density at radius 2 is 1.76 bits per heavy atom. The zero-order valence-electron chi connectivity index (χ0n) is 12.2. The highest BCUT2D eigenvalue weighted by molar-refractivity contribution is 7.80. The van der Waals surface area contributed by atoms with Crippen molar-refractivity contribution in [2.75, 3.05) is 39.3 Å². The minimum absolute atomic E-state index is 0.0996. The molecule has 0 amide bonds. The molecule has 2 unspecified atom stereocenters. The molecule has 112 valence electrons. The summed E-state index contributed by atoms with van der Waals surface area (Å²) in [4.78, 5) is 5.25. The van der Waals surface area contributed by atoms with Crippen LogP contribution in [0.3, 0.4) is 0 Å². The predicted octanol–water partition coefficient (Wildman–Crippen LogP) is 0.387. The third kappa shape index (κ3) is 2.15. The molecule has 0 saturated carbocycles. The standard InChI is InChI=1S/C16H22N4S/c17-15(21)18-14-12-8-19-6-7-20(9-12)11-16(14,10-19)13-4-2-1-3-5-13/h1-5,12,14H,6-11H2,(H3,17,18,21)/t12?,14-,16?/m0/s1. The first kappa shape index (κ1) is 13.5. The highest BCUT2D eigenvalue weighted by Crippen LogP contribution is 2.43. The summed E-state index contributed by atoms with van der Waals surface area (Å²) in [7, 11) is 0. The molecule has 1 aromatic rings. The lowest BCUT2D eigenvalue weighted by Crippen LogP contribution is -2.71. The molecular formula is C16H22N4S. The number of benzene rings is 1. The molecule has 4 heterocycles. The molecule has 4 aliphatic heterocycles. The number of piperidine rings is 2. The molecule has 3 atom stereocenters. The molecule has 4 bridgehead atoms. The molecule has 4 aliphatic rings. The smallest absolute Gasteiger partial charge is 0.163 e. The van der Waals surface area contributed by atoms with Crippen LogP contribution in [0.5, 0.6) is 0 Å². The van der Waals surface area contributed by atoms with E-state index in [0.717, 1.165) is 26.2 Å². The Morgan fingerprint density at radius 1 is 1.14 bits per heavy atom. The SMILES string of the molecule is NC(=S)N[C@H]1C2CN3CCN(C2)CC1(c1ccccc1)C3. The average Bonchev–Trinajstić information content (AvgIpc) is 2.72. The van der Waals surface area contributed by atoms with Crippen molar-refractivity contribution < 1.29 is 0 Å². The van der Waals surface area contributed by atoms with Crippen LogP contribution in [0.15, 0.2) is 30.3 Å². The van der Waals surface area contributed by atoms with E-state index < -0.39 is 0 Å². The van der Waals surface area contributed by atoms with Crippen LogP contribution in [-0.4, -0.2) is 60.2 Å². The zero-order chi connectivity index (χ0) is 14.4. The van der Waals surface area contributed by atoms with Gasteiger partial charge < -0.3 is 20.9 Å². The van der Waals surface area contributed by atoms with E-state index in [0.29, 0.717) is 17.1 Å². The fourth-order valence-corrected chi connectivity index (χ4v) is 4.85. The minimum Gasteiger partial charge on any atom is -0.376 e. The second kappa shape index (κ2) is 4.93. The van der Waals surface area contributed by atoms with Gasteiger partial charge in [0.2, 0.25) is 0 Å². The molecule has 5 rings (SSSR count). The van der Waals surface area contributed by atoms with Crippen LogP contribution in [0.25, 0.3) is 0 Å². The Labute approximate surface area is 131 Å². The summed E-state index contributed by atoms with van der Waals surface area (Å²) in [6.07, 6.45) is 0. The molecule has 0 aliphatic carbocycles.